The average Bonchev–Trinajstić information content (AvgIpc) is 1.47. The zero-order valence-electron chi connectivity index (χ0n) is 78.7. The van der Waals surface area contributed by atoms with E-state index in [4.69, 9.17) is 0 Å². The predicted molar refractivity (Wildman–Crippen MR) is 546 cm³/mol. The summed E-state index contributed by atoms with van der Waals surface area (Å²) < 4.78 is 0. The van der Waals surface area contributed by atoms with Gasteiger partial charge in [0.15, 0.2) is 0 Å². The van der Waals surface area contributed by atoms with Gasteiger partial charge in [-0.15, -0.1) is 0 Å². The Labute approximate surface area is 761 Å². The maximum atomic E-state index is 2.71. The second kappa shape index (κ2) is 29.9. The fourth-order valence-electron chi connectivity index (χ4n) is 23.2. The molecule has 8 aliphatic rings. The van der Waals surface area contributed by atoms with Crippen LogP contribution in [0.15, 0.2) is 352 Å². The smallest absolute Gasteiger partial charge is 0.0643 e. The molecule has 6 heterocycles. The van der Waals surface area contributed by atoms with E-state index < -0.39 is 10.8 Å². The molecule has 2 unspecified atom stereocenters. The Hall–Kier alpha value is -12.8. The predicted octanol–water partition coefficient (Wildman–Crippen LogP) is 34.3. The molecule has 0 saturated heterocycles. The standard InChI is InChI=1S/C124H122N4/c1-115(2,3)81-39-55-91(56-40-81)125-93-63-47-85(48-64-93)119(13,14)79-121(17,18)87-51-67-98(68-52-87)128(96-61-45-84(46-62-96)118(10,11)12)112-78-110-114(104-38-30-28-36-102(104)112)106-74-72-100-76-108(106)124(110,90-33-25-22-26-34-90)123(89-31-23-21-24-32-89)107-75-99(125)71-73-105(107)113-103-37-29-27-35-101(103)111(77-109(113)123)127(95-59-43-83(44-60-95)117(7,8)9)97-69-53-88(54-70-97)122(19,20)80-120(15,16)86-49-65-94(66-50-86)126(100)92-57-41-82(42-58-92)116(4,5)6/h21-78H,79-80H2,1-20H3. The van der Waals surface area contributed by atoms with E-state index in [1.807, 2.05) is 0 Å². The average molecular weight is 1670 g/mol. The lowest BCUT2D eigenvalue weighted by molar-refractivity contribution is 0.348. The van der Waals surface area contributed by atoms with Crippen LogP contribution in [0.4, 0.5) is 68.2 Å². The monoisotopic (exact) mass is 1670 g/mol. The summed E-state index contributed by atoms with van der Waals surface area (Å²) in [5.41, 5.74) is 31.4. The summed E-state index contributed by atoms with van der Waals surface area (Å²) in [7, 11) is 0. The van der Waals surface area contributed by atoms with Crippen LogP contribution in [0.5, 0.6) is 0 Å². The fraction of sp³-hybridized carbons (Fsp3) is 0.258. The van der Waals surface area contributed by atoms with Gasteiger partial charge in [-0.3, -0.25) is 0 Å². The first-order valence-corrected chi connectivity index (χ1v) is 46.5. The van der Waals surface area contributed by atoms with Gasteiger partial charge >= 0.3 is 0 Å². The van der Waals surface area contributed by atoms with Crippen molar-refractivity contribution < 1.29 is 0 Å². The third-order valence-corrected chi connectivity index (χ3v) is 29.5. The minimum atomic E-state index is -1.23. The summed E-state index contributed by atoms with van der Waals surface area (Å²) in [6.07, 6.45) is 1.82. The molecule has 24 rings (SSSR count). The van der Waals surface area contributed by atoms with Crippen LogP contribution in [0.3, 0.4) is 0 Å². The number of nitrogens with zero attached hydrogens (tertiary/aromatic N) is 4. The summed E-state index contributed by atoms with van der Waals surface area (Å²) in [6, 6.07) is 140. The molecule has 0 saturated carbocycles. The Morgan fingerprint density at radius 2 is 0.414 bits per heavy atom. The van der Waals surface area contributed by atoms with Crippen molar-refractivity contribution in [3.8, 4) is 22.3 Å². The van der Waals surface area contributed by atoms with Crippen LogP contribution in [0.1, 0.15) is 229 Å². The largest absolute Gasteiger partial charge is 0.310 e. The minimum absolute atomic E-state index is 0.0875. The summed E-state index contributed by atoms with van der Waals surface area (Å²) in [5, 5.41) is 4.66. The van der Waals surface area contributed by atoms with Crippen molar-refractivity contribution in [3.05, 3.63) is 430 Å². The maximum Gasteiger partial charge on any atom is 0.0643 e. The maximum absolute atomic E-state index is 2.71. The zero-order valence-corrected chi connectivity index (χ0v) is 78.7. The molecule has 638 valence electrons. The molecule has 0 fully saturated rings. The van der Waals surface area contributed by atoms with Gasteiger partial charge in [-0.05, 0) is 301 Å². The molecule has 0 spiro atoms. The summed E-state index contributed by atoms with van der Waals surface area (Å²) in [4.78, 5) is 10.4. The van der Waals surface area contributed by atoms with Crippen molar-refractivity contribution in [1.82, 2.24) is 0 Å². The van der Waals surface area contributed by atoms with E-state index >= 15 is 0 Å². The highest BCUT2D eigenvalue weighted by molar-refractivity contribution is 6.15. The molecule has 0 N–H and O–H groups in total. The number of benzene rings is 16. The van der Waals surface area contributed by atoms with Gasteiger partial charge in [0.1, 0.15) is 0 Å². The second-order valence-corrected chi connectivity index (χ2v) is 44.0. The molecule has 4 heteroatoms. The first-order chi connectivity index (χ1) is 60.9. The summed E-state index contributed by atoms with van der Waals surface area (Å²) in [6.45, 7) is 47.5. The van der Waals surface area contributed by atoms with Crippen molar-refractivity contribution in [2.75, 3.05) is 19.6 Å². The summed E-state index contributed by atoms with van der Waals surface area (Å²) >= 11 is 0. The van der Waals surface area contributed by atoms with Crippen LogP contribution in [-0.2, 0) is 54.1 Å². The molecule has 4 nitrogen and oxygen atoms in total. The van der Waals surface area contributed by atoms with Gasteiger partial charge in [0.2, 0.25) is 0 Å². The Morgan fingerprint density at radius 3 is 0.664 bits per heavy atom. The fourth-order valence-corrected chi connectivity index (χ4v) is 23.2. The first kappa shape index (κ1) is 83.5. The number of hydrogen-bond donors (Lipinski definition) is 0. The van der Waals surface area contributed by atoms with Crippen LogP contribution in [-0.4, -0.2) is 0 Å². The lowest BCUT2D eigenvalue weighted by atomic mass is 9.49. The SMILES string of the molecule is CC(C)(C)c1ccc(N2c3ccc(cc3)C(C)(C)CC(C)(C)c3ccc(cc3)N(c3ccc(C(C)(C)C)cc3)c3cc4c(c5ccccc35)-c3ccc5cc3C4(c3ccccc3)C3(c4ccccc4)c4cc2ccc4-c2c3cc(c3ccccc23)N(c2ccc(C(C)(C)C)cc2)c2ccc(cc2)C(C)(C)CC(C)(C)c2ccc(cc2)N5c2ccc(C(C)(C)C)cc2)cc1. The highest BCUT2D eigenvalue weighted by Gasteiger charge is 2.66. The second-order valence-electron chi connectivity index (χ2n) is 44.0. The van der Waals surface area contributed by atoms with Gasteiger partial charge in [-0.25, -0.2) is 0 Å². The van der Waals surface area contributed by atoms with E-state index in [0.29, 0.717) is 0 Å². The van der Waals surface area contributed by atoms with Crippen LogP contribution in [0.25, 0.3) is 43.8 Å². The molecular formula is C124H122N4. The van der Waals surface area contributed by atoms with Crippen LogP contribution >= 0.6 is 0 Å². The Kier molecular flexibility index (Phi) is 19.5. The van der Waals surface area contributed by atoms with Crippen LogP contribution in [0, 0.1) is 0 Å². The van der Waals surface area contributed by atoms with Crippen molar-refractivity contribution in [1.29, 1.82) is 0 Å². The van der Waals surface area contributed by atoms with E-state index in [0.717, 1.165) is 91.9 Å². The molecule has 16 bridgehead atoms. The van der Waals surface area contributed by atoms with Gasteiger partial charge in [0, 0.05) is 67.6 Å². The molecule has 6 aliphatic heterocycles. The molecule has 0 radical (unpaired) electrons. The third kappa shape index (κ3) is 13.6. The lowest BCUT2D eigenvalue weighted by Gasteiger charge is -2.51. The van der Waals surface area contributed by atoms with E-state index in [9.17, 15) is 0 Å². The molecule has 128 heavy (non-hydrogen) atoms. The summed E-state index contributed by atoms with van der Waals surface area (Å²) in [5.74, 6) is 0. The zero-order chi connectivity index (χ0) is 89.4. The van der Waals surface area contributed by atoms with Crippen molar-refractivity contribution in [3.63, 3.8) is 0 Å². The van der Waals surface area contributed by atoms with Gasteiger partial charge in [0.25, 0.3) is 0 Å². The molecular weight excluding hydrogens is 1550 g/mol. The molecule has 2 aliphatic carbocycles. The lowest BCUT2D eigenvalue weighted by Crippen LogP contribution is -2.50. The number of anilines is 12. The Balaban J connectivity index is 1.03. The van der Waals surface area contributed by atoms with Crippen LogP contribution < -0.4 is 19.6 Å². The molecule has 16 aromatic carbocycles. The van der Waals surface area contributed by atoms with Crippen LogP contribution in [0.2, 0.25) is 0 Å². The molecule has 0 aromatic heterocycles. The highest BCUT2D eigenvalue weighted by atomic mass is 15.2. The van der Waals surface area contributed by atoms with Gasteiger partial charge in [0.05, 0.1) is 22.2 Å². The number of hydrogen-bond acceptors (Lipinski definition) is 4. The molecule has 2 atom stereocenters. The Morgan fingerprint density at radius 1 is 0.195 bits per heavy atom. The number of fused-ring (bicyclic) bond motifs is 10. The first-order valence-electron chi connectivity index (χ1n) is 46.5. The van der Waals surface area contributed by atoms with E-state index in [-0.39, 0.29) is 43.3 Å². The third-order valence-electron chi connectivity index (χ3n) is 29.5. The highest BCUT2D eigenvalue weighted by Crippen LogP contribution is 2.73. The molecule has 0 amide bonds. The quantitative estimate of drug-likeness (QED) is 0.164. The van der Waals surface area contributed by atoms with Crippen molar-refractivity contribution >= 4 is 89.8 Å². The van der Waals surface area contributed by atoms with Crippen molar-refractivity contribution in [2.24, 2.45) is 0 Å². The minimum Gasteiger partial charge on any atom is -0.310 e. The van der Waals surface area contributed by atoms with Gasteiger partial charge in [-0.2, -0.15) is 0 Å². The van der Waals surface area contributed by atoms with E-state index in [1.165, 1.54) is 111 Å². The molecule has 16 aromatic rings. The van der Waals surface area contributed by atoms with Gasteiger partial charge in [-0.1, -0.05) is 357 Å². The Bertz CT molecular complexity index is 6520. The topological polar surface area (TPSA) is 13.0 Å². The van der Waals surface area contributed by atoms with Crippen molar-refractivity contribution in [2.45, 2.75) is 205 Å². The van der Waals surface area contributed by atoms with E-state index in [1.54, 1.807) is 0 Å². The van der Waals surface area contributed by atoms with E-state index in [2.05, 4.69) is 510 Å². The van der Waals surface area contributed by atoms with Gasteiger partial charge < -0.3 is 19.6 Å². The number of rotatable bonds is 6. The normalized spacial score (nSPS) is 17.9.